The Kier molecular flexibility index (Phi) is 8.79. The van der Waals surface area contributed by atoms with Gasteiger partial charge < -0.3 is 9.64 Å². The second kappa shape index (κ2) is 11.3. The molecular weight excluding hydrogens is 334 g/mol. The van der Waals surface area contributed by atoms with E-state index < -0.39 is 0 Å². The third-order valence-electron chi connectivity index (χ3n) is 4.73. The Morgan fingerprint density at radius 3 is 2.30 bits per heavy atom. The summed E-state index contributed by atoms with van der Waals surface area (Å²) in [5.41, 5.74) is 2.32. The van der Waals surface area contributed by atoms with Crippen LogP contribution in [0.15, 0.2) is 72.8 Å². The number of carbonyl (C=O) groups excluding carboxylic acids is 1. The molecule has 2 aromatic rings. The van der Waals surface area contributed by atoms with Gasteiger partial charge in [-0.25, -0.2) is 0 Å². The Morgan fingerprint density at radius 2 is 1.70 bits per heavy atom. The minimum atomic E-state index is 0.0217. The van der Waals surface area contributed by atoms with Crippen molar-refractivity contribution in [3.63, 3.8) is 0 Å². The molecule has 0 heterocycles. The third kappa shape index (κ3) is 6.37. The molecule has 0 radical (unpaired) electrons. The van der Waals surface area contributed by atoms with Crippen LogP contribution in [-0.2, 0) is 16.1 Å². The van der Waals surface area contributed by atoms with E-state index >= 15 is 0 Å². The van der Waals surface area contributed by atoms with Gasteiger partial charge in [-0.3, -0.25) is 4.79 Å². The fourth-order valence-corrected chi connectivity index (χ4v) is 3.28. The van der Waals surface area contributed by atoms with Gasteiger partial charge >= 0.3 is 0 Å². The number of nitrogens with zero attached hydrogens (tertiary/aromatic N) is 1. The standard InChI is InChI=1S/C24H31NO2/c1-4-12-23(17-18-27-19-21-13-8-6-9-14-21)25(24(26)5-2)20(3)22-15-10-7-11-16-22/h4,6-16,20,23H,5,17-19H2,1-3H3/b12-4+/t20-,23-/m1/s1. The summed E-state index contributed by atoms with van der Waals surface area (Å²) in [7, 11) is 0. The van der Waals surface area contributed by atoms with Crippen molar-refractivity contribution in [3.05, 3.63) is 83.9 Å². The largest absolute Gasteiger partial charge is 0.377 e. The highest BCUT2D eigenvalue weighted by Gasteiger charge is 2.26. The lowest BCUT2D eigenvalue weighted by molar-refractivity contribution is -0.135. The molecule has 2 rings (SSSR count). The van der Waals surface area contributed by atoms with E-state index in [1.54, 1.807) is 0 Å². The van der Waals surface area contributed by atoms with Crippen molar-refractivity contribution in [2.24, 2.45) is 0 Å². The van der Waals surface area contributed by atoms with Crippen LogP contribution in [0.1, 0.15) is 50.8 Å². The third-order valence-corrected chi connectivity index (χ3v) is 4.73. The van der Waals surface area contributed by atoms with Gasteiger partial charge in [0.1, 0.15) is 0 Å². The quantitative estimate of drug-likeness (QED) is 0.409. The Balaban J connectivity index is 2.05. The fraction of sp³-hybridized carbons (Fsp3) is 0.375. The van der Waals surface area contributed by atoms with Gasteiger partial charge in [0.15, 0.2) is 0 Å². The SMILES string of the molecule is C/C=C/[C@H](CCOCc1ccccc1)N(C(=O)CC)[C@H](C)c1ccccc1. The van der Waals surface area contributed by atoms with E-state index in [4.69, 9.17) is 4.74 Å². The normalized spacial score (nSPS) is 13.4. The number of rotatable bonds is 10. The number of allylic oxidation sites excluding steroid dienone is 1. The molecule has 0 aliphatic heterocycles. The van der Waals surface area contributed by atoms with Gasteiger partial charge in [0.2, 0.25) is 5.91 Å². The molecule has 0 aromatic heterocycles. The summed E-state index contributed by atoms with van der Waals surface area (Å²) in [5.74, 6) is 0.164. The van der Waals surface area contributed by atoms with Crippen molar-refractivity contribution in [1.29, 1.82) is 0 Å². The van der Waals surface area contributed by atoms with Gasteiger partial charge in [0.05, 0.1) is 18.7 Å². The van der Waals surface area contributed by atoms with Gasteiger partial charge in [-0.2, -0.15) is 0 Å². The summed E-state index contributed by atoms with van der Waals surface area (Å²) in [6.07, 6.45) is 5.41. The summed E-state index contributed by atoms with van der Waals surface area (Å²) in [5, 5.41) is 0. The van der Waals surface area contributed by atoms with Gasteiger partial charge in [-0.1, -0.05) is 79.7 Å². The van der Waals surface area contributed by atoms with Gasteiger partial charge in [0.25, 0.3) is 0 Å². The van der Waals surface area contributed by atoms with E-state index in [-0.39, 0.29) is 18.0 Å². The first kappa shape index (κ1) is 20.9. The van der Waals surface area contributed by atoms with Crippen molar-refractivity contribution in [3.8, 4) is 0 Å². The number of ether oxygens (including phenoxy) is 1. The average molecular weight is 366 g/mol. The summed E-state index contributed by atoms with van der Waals surface area (Å²) in [4.78, 5) is 14.7. The molecule has 27 heavy (non-hydrogen) atoms. The van der Waals surface area contributed by atoms with E-state index in [1.807, 2.05) is 61.2 Å². The fourth-order valence-electron chi connectivity index (χ4n) is 3.28. The number of benzene rings is 2. The smallest absolute Gasteiger partial charge is 0.223 e. The molecule has 3 nitrogen and oxygen atoms in total. The molecule has 0 spiro atoms. The Bertz CT molecular complexity index is 697. The number of carbonyl (C=O) groups is 1. The minimum absolute atomic E-state index is 0.0217. The monoisotopic (exact) mass is 365 g/mol. The summed E-state index contributed by atoms with van der Waals surface area (Å²) in [6, 6.07) is 20.4. The lowest BCUT2D eigenvalue weighted by atomic mass is 10.0. The predicted molar refractivity (Wildman–Crippen MR) is 111 cm³/mol. The van der Waals surface area contributed by atoms with Gasteiger partial charge in [-0.15, -0.1) is 0 Å². The molecule has 3 heteroatoms. The lowest BCUT2D eigenvalue weighted by Gasteiger charge is -2.35. The molecule has 0 bridgehead atoms. The van der Waals surface area contributed by atoms with Gasteiger partial charge in [-0.05, 0) is 31.4 Å². The molecule has 0 aliphatic carbocycles. The molecule has 0 unspecified atom stereocenters. The second-order valence-corrected chi connectivity index (χ2v) is 6.66. The Hall–Kier alpha value is -2.39. The van der Waals surface area contributed by atoms with E-state index in [9.17, 15) is 4.79 Å². The maximum Gasteiger partial charge on any atom is 0.223 e. The molecule has 0 saturated carbocycles. The molecular formula is C24H31NO2. The number of hydrogen-bond donors (Lipinski definition) is 0. The van der Waals surface area contributed by atoms with Gasteiger partial charge in [0, 0.05) is 13.0 Å². The maximum atomic E-state index is 12.7. The van der Waals surface area contributed by atoms with E-state index in [2.05, 4.69) is 37.3 Å². The predicted octanol–water partition coefficient (Wildman–Crippen LogP) is 5.54. The van der Waals surface area contributed by atoms with E-state index in [0.717, 1.165) is 12.0 Å². The zero-order valence-corrected chi connectivity index (χ0v) is 16.7. The zero-order valence-electron chi connectivity index (χ0n) is 16.7. The maximum absolute atomic E-state index is 12.7. The van der Waals surface area contributed by atoms with Crippen LogP contribution in [-0.4, -0.2) is 23.5 Å². The van der Waals surface area contributed by atoms with Crippen molar-refractivity contribution in [1.82, 2.24) is 4.90 Å². The van der Waals surface area contributed by atoms with Crippen molar-refractivity contribution < 1.29 is 9.53 Å². The first-order valence-electron chi connectivity index (χ1n) is 9.78. The van der Waals surface area contributed by atoms with E-state index in [0.29, 0.717) is 19.6 Å². The molecule has 2 atom stereocenters. The van der Waals surface area contributed by atoms with Crippen molar-refractivity contribution in [2.45, 2.75) is 52.3 Å². The van der Waals surface area contributed by atoms with E-state index in [1.165, 1.54) is 5.56 Å². The average Bonchev–Trinajstić information content (AvgIpc) is 2.72. The summed E-state index contributed by atoms with van der Waals surface area (Å²) in [6.45, 7) is 7.23. The Labute approximate surface area is 163 Å². The molecule has 1 amide bonds. The summed E-state index contributed by atoms with van der Waals surface area (Å²) < 4.78 is 5.87. The highest BCUT2D eigenvalue weighted by molar-refractivity contribution is 5.77. The highest BCUT2D eigenvalue weighted by Crippen LogP contribution is 2.25. The number of amides is 1. The minimum Gasteiger partial charge on any atom is -0.377 e. The lowest BCUT2D eigenvalue weighted by Crippen LogP contribution is -2.41. The molecule has 0 fully saturated rings. The molecule has 0 saturated heterocycles. The van der Waals surface area contributed by atoms with Crippen LogP contribution >= 0.6 is 0 Å². The van der Waals surface area contributed by atoms with Crippen LogP contribution in [0.4, 0.5) is 0 Å². The molecule has 0 N–H and O–H groups in total. The number of hydrogen-bond acceptors (Lipinski definition) is 2. The molecule has 0 aliphatic rings. The molecule has 144 valence electrons. The highest BCUT2D eigenvalue weighted by atomic mass is 16.5. The first-order chi connectivity index (χ1) is 13.2. The van der Waals surface area contributed by atoms with Crippen LogP contribution in [0.3, 0.4) is 0 Å². The van der Waals surface area contributed by atoms with Crippen LogP contribution in [0.2, 0.25) is 0 Å². The topological polar surface area (TPSA) is 29.5 Å². The molecule has 2 aromatic carbocycles. The first-order valence-corrected chi connectivity index (χ1v) is 9.78. The Morgan fingerprint density at radius 1 is 1.07 bits per heavy atom. The van der Waals surface area contributed by atoms with Crippen LogP contribution in [0.25, 0.3) is 0 Å². The van der Waals surface area contributed by atoms with Crippen molar-refractivity contribution in [2.75, 3.05) is 6.61 Å². The van der Waals surface area contributed by atoms with Crippen LogP contribution in [0.5, 0.6) is 0 Å². The second-order valence-electron chi connectivity index (χ2n) is 6.66. The van der Waals surface area contributed by atoms with Crippen LogP contribution < -0.4 is 0 Å². The summed E-state index contributed by atoms with van der Waals surface area (Å²) >= 11 is 0. The van der Waals surface area contributed by atoms with Crippen molar-refractivity contribution >= 4 is 5.91 Å². The zero-order chi connectivity index (χ0) is 19.5. The van der Waals surface area contributed by atoms with Crippen LogP contribution in [0, 0.1) is 0 Å².